The summed E-state index contributed by atoms with van der Waals surface area (Å²) in [5, 5.41) is 3.44. The Kier molecular flexibility index (Phi) is 4.99. The lowest BCUT2D eigenvalue weighted by molar-refractivity contribution is 0.170. The molecule has 0 atom stereocenters. The minimum atomic E-state index is 0.656. The van der Waals surface area contributed by atoms with Crippen molar-refractivity contribution in [1.82, 2.24) is 10.2 Å². The van der Waals surface area contributed by atoms with E-state index in [2.05, 4.69) is 29.3 Å². The zero-order valence-corrected chi connectivity index (χ0v) is 12.9. The van der Waals surface area contributed by atoms with Crippen molar-refractivity contribution in [3.63, 3.8) is 0 Å². The van der Waals surface area contributed by atoms with Gasteiger partial charge in [0.1, 0.15) is 13.2 Å². The van der Waals surface area contributed by atoms with Crippen LogP contribution in [0.2, 0.25) is 0 Å². The highest BCUT2D eigenvalue weighted by Gasteiger charge is 2.17. The molecule has 0 spiro atoms. The second kappa shape index (κ2) is 7.14. The molecule has 21 heavy (non-hydrogen) atoms. The zero-order valence-electron chi connectivity index (χ0n) is 12.9. The minimum Gasteiger partial charge on any atom is -0.486 e. The number of rotatable bonds is 5. The molecule has 2 heterocycles. The predicted molar refractivity (Wildman–Crippen MR) is 84.0 cm³/mol. The topological polar surface area (TPSA) is 33.7 Å². The van der Waals surface area contributed by atoms with Crippen LogP contribution < -0.4 is 14.8 Å². The van der Waals surface area contributed by atoms with Crippen LogP contribution in [-0.2, 0) is 6.54 Å². The molecule has 0 amide bonds. The molecule has 116 valence electrons. The van der Waals surface area contributed by atoms with E-state index >= 15 is 0 Å². The summed E-state index contributed by atoms with van der Waals surface area (Å²) in [6.45, 7) is 9.20. The third kappa shape index (κ3) is 3.89. The third-order valence-electron chi connectivity index (χ3n) is 4.44. The van der Waals surface area contributed by atoms with Gasteiger partial charge in [-0.25, -0.2) is 0 Å². The first kappa shape index (κ1) is 14.7. The number of ether oxygens (including phenoxy) is 2. The van der Waals surface area contributed by atoms with Crippen LogP contribution in [0.3, 0.4) is 0 Å². The van der Waals surface area contributed by atoms with Crippen molar-refractivity contribution >= 4 is 0 Å². The van der Waals surface area contributed by atoms with Gasteiger partial charge in [0.25, 0.3) is 0 Å². The maximum Gasteiger partial charge on any atom is 0.161 e. The molecular weight excluding hydrogens is 264 g/mol. The van der Waals surface area contributed by atoms with Crippen molar-refractivity contribution in [2.24, 2.45) is 5.92 Å². The zero-order chi connectivity index (χ0) is 14.5. The van der Waals surface area contributed by atoms with Gasteiger partial charge in [-0.05, 0) is 56.1 Å². The van der Waals surface area contributed by atoms with Crippen molar-refractivity contribution in [3.05, 3.63) is 23.8 Å². The molecule has 3 rings (SSSR count). The molecule has 0 radical (unpaired) electrons. The van der Waals surface area contributed by atoms with Gasteiger partial charge in [0.05, 0.1) is 0 Å². The van der Waals surface area contributed by atoms with Gasteiger partial charge in [-0.15, -0.1) is 0 Å². The van der Waals surface area contributed by atoms with Crippen LogP contribution in [0.5, 0.6) is 11.5 Å². The van der Waals surface area contributed by atoms with Gasteiger partial charge in [0, 0.05) is 13.1 Å². The van der Waals surface area contributed by atoms with Crippen molar-refractivity contribution in [3.8, 4) is 11.5 Å². The van der Waals surface area contributed by atoms with Crippen LogP contribution in [0.15, 0.2) is 18.2 Å². The number of hydrogen-bond acceptors (Lipinski definition) is 4. The largest absolute Gasteiger partial charge is 0.486 e. The van der Waals surface area contributed by atoms with Crippen molar-refractivity contribution in [1.29, 1.82) is 0 Å². The van der Waals surface area contributed by atoms with Crippen LogP contribution in [0, 0.1) is 5.92 Å². The molecule has 0 saturated carbocycles. The molecular formula is C17H26N2O2. The Labute approximate surface area is 127 Å². The number of benzene rings is 1. The van der Waals surface area contributed by atoms with E-state index in [1.54, 1.807) is 0 Å². The summed E-state index contributed by atoms with van der Waals surface area (Å²) in [4.78, 5) is 2.54. The Morgan fingerprint density at radius 3 is 2.67 bits per heavy atom. The summed E-state index contributed by atoms with van der Waals surface area (Å²) in [5.41, 5.74) is 1.31. The standard InChI is InChI=1S/C17H26N2O2/c1-2-19(12-14-5-7-18-8-6-14)13-15-3-4-16-17(11-15)21-10-9-20-16/h3-4,11,14,18H,2,5-10,12-13H2,1H3. The summed E-state index contributed by atoms with van der Waals surface area (Å²) in [6.07, 6.45) is 2.61. The van der Waals surface area contributed by atoms with Gasteiger partial charge >= 0.3 is 0 Å². The first-order chi connectivity index (χ1) is 10.3. The van der Waals surface area contributed by atoms with E-state index < -0.39 is 0 Å². The molecule has 1 aromatic carbocycles. The normalized spacial score (nSPS) is 19.0. The summed E-state index contributed by atoms with van der Waals surface area (Å²) >= 11 is 0. The molecule has 4 nitrogen and oxygen atoms in total. The molecule has 0 aromatic heterocycles. The van der Waals surface area contributed by atoms with Gasteiger partial charge in [-0.1, -0.05) is 13.0 Å². The molecule has 1 aromatic rings. The van der Waals surface area contributed by atoms with Crippen molar-refractivity contribution < 1.29 is 9.47 Å². The highest BCUT2D eigenvalue weighted by Crippen LogP contribution is 2.31. The monoisotopic (exact) mass is 290 g/mol. The highest BCUT2D eigenvalue weighted by atomic mass is 16.6. The van der Waals surface area contributed by atoms with Gasteiger partial charge in [0.15, 0.2) is 11.5 Å². The summed E-state index contributed by atoms with van der Waals surface area (Å²) < 4.78 is 11.3. The lowest BCUT2D eigenvalue weighted by Crippen LogP contribution is -2.35. The van der Waals surface area contributed by atoms with Crippen LogP contribution in [0.4, 0.5) is 0 Å². The smallest absolute Gasteiger partial charge is 0.161 e. The Bertz CT molecular complexity index is 458. The van der Waals surface area contributed by atoms with E-state index in [0.29, 0.717) is 13.2 Å². The number of nitrogens with one attached hydrogen (secondary N) is 1. The fourth-order valence-electron chi connectivity index (χ4n) is 3.18. The SMILES string of the molecule is CCN(Cc1ccc2c(c1)OCCO2)CC1CCNCC1. The van der Waals surface area contributed by atoms with Gasteiger partial charge < -0.3 is 14.8 Å². The second-order valence-corrected chi connectivity index (χ2v) is 6.00. The molecule has 1 N–H and O–H groups in total. The van der Waals surface area contributed by atoms with Crippen molar-refractivity contribution in [2.45, 2.75) is 26.3 Å². The van der Waals surface area contributed by atoms with E-state index in [9.17, 15) is 0 Å². The molecule has 0 unspecified atom stereocenters. The Morgan fingerprint density at radius 2 is 1.90 bits per heavy atom. The number of piperidine rings is 1. The van der Waals surface area contributed by atoms with E-state index in [0.717, 1.165) is 30.5 Å². The third-order valence-corrected chi connectivity index (χ3v) is 4.44. The molecule has 1 fully saturated rings. The maximum absolute atomic E-state index is 5.68. The van der Waals surface area contributed by atoms with E-state index in [1.165, 1.54) is 38.0 Å². The predicted octanol–water partition coefficient (Wildman–Crippen LogP) is 2.28. The first-order valence-corrected chi connectivity index (χ1v) is 8.16. The first-order valence-electron chi connectivity index (χ1n) is 8.16. The van der Waals surface area contributed by atoms with E-state index in [1.807, 2.05) is 6.07 Å². The Balaban J connectivity index is 1.60. The molecule has 2 aliphatic rings. The Hall–Kier alpha value is -1.26. The van der Waals surface area contributed by atoms with Gasteiger partial charge in [0.2, 0.25) is 0 Å². The minimum absolute atomic E-state index is 0.656. The maximum atomic E-state index is 5.68. The fraction of sp³-hybridized carbons (Fsp3) is 0.647. The lowest BCUT2D eigenvalue weighted by atomic mass is 9.97. The lowest BCUT2D eigenvalue weighted by Gasteiger charge is -2.29. The summed E-state index contributed by atoms with van der Waals surface area (Å²) in [7, 11) is 0. The number of nitrogens with zero attached hydrogens (tertiary/aromatic N) is 1. The van der Waals surface area contributed by atoms with E-state index in [4.69, 9.17) is 9.47 Å². The van der Waals surface area contributed by atoms with Gasteiger partial charge in [-0.2, -0.15) is 0 Å². The quantitative estimate of drug-likeness (QED) is 0.902. The van der Waals surface area contributed by atoms with E-state index in [-0.39, 0.29) is 0 Å². The van der Waals surface area contributed by atoms with Crippen LogP contribution in [0.25, 0.3) is 0 Å². The fourth-order valence-corrected chi connectivity index (χ4v) is 3.18. The number of hydrogen-bond donors (Lipinski definition) is 1. The van der Waals surface area contributed by atoms with Crippen LogP contribution in [-0.4, -0.2) is 44.3 Å². The van der Waals surface area contributed by atoms with Crippen molar-refractivity contribution in [2.75, 3.05) is 39.4 Å². The van der Waals surface area contributed by atoms with Crippen LogP contribution >= 0.6 is 0 Å². The molecule has 4 heteroatoms. The molecule has 0 aliphatic carbocycles. The van der Waals surface area contributed by atoms with Crippen LogP contribution in [0.1, 0.15) is 25.3 Å². The summed E-state index contributed by atoms with van der Waals surface area (Å²) in [6, 6.07) is 6.35. The molecule has 0 bridgehead atoms. The molecule has 2 aliphatic heterocycles. The summed E-state index contributed by atoms with van der Waals surface area (Å²) in [5.74, 6) is 2.62. The number of fused-ring (bicyclic) bond motifs is 1. The van der Waals surface area contributed by atoms with Gasteiger partial charge in [-0.3, -0.25) is 4.90 Å². The highest BCUT2D eigenvalue weighted by molar-refractivity contribution is 5.43. The molecule has 1 saturated heterocycles. The Morgan fingerprint density at radius 1 is 1.14 bits per heavy atom. The average Bonchev–Trinajstić information content (AvgIpc) is 2.55. The second-order valence-electron chi connectivity index (χ2n) is 6.00. The average molecular weight is 290 g/mol.